The van der Waals surface area contributed by atoms with Crippen LogP contribution in [-0.2, 0) is 13.6 Å². The Bertz CT molecular complexity index is 371. The molecule has 2 rings (SSSR count). The van der Waals surface area contributed by atoms with Crippen molar-refractivity contribution in [2.45, 2.75) is 38.8 Å². The zero-order valence-electron chi connectivity index (χ0n) is 11.2. The maximum Gasteiger partial charge on any atom is 0.0638 e. The maximum atomic E-state index is 5.85. The number of hydrogen-bond acceptors (Lipinski definition) is 3. The maximum absolute atomic E-state index is 5.85. The van der Waals surface area contributed by atoms with Gasteiger partial charge < -0.3 is 5.73 Å². The van der Waals surface area contributed by atoms with Crippen molar-refractivity contribution in [1.82, 2.24) is 14.7 Å². The van der Waals surface area contributed by atoms with Crippen molar-refractivity contribution in [1.29, 1.82) is 0 Å². The standard InChI is InChI=1S/C13H24N4/c1-10-12(9-17(3)15-10)8-16(2)13-6-4-5-11(13)7-14/h9,11,13H,4-8,14H2,1-3H3. The Morgan fingerprint density at radius 3 is 2.88 bits per heavy atom. The van der Waals surface area contributed by atoms with E-state index in [2.05, 4.69) is 30.2 Å². The van der Waals surface area contributed by atoms with Crippen LogP contribution in [0.5, 0.6) is 0 Å². The van der Waals surface area contributed by atoms with Crippen LogP contribution >= 0.6 is 0 Å². The Morgan fingerprint density at radius 2 is 2.29 bits per heavy atom. The number of aromatic nitrogens is 2. The predicted molar refractivity (Wildman–Crippen MR) is 69.6 cm³/mol. The highest BCUT2D eigenvalue weighted by atomic mass is 15.3. The number of nitrogens with zero attached hydrogens (tertiary/aromatic N) is 3. The average molecular weight is 236 g/mol. The second kappa shape index (κ2) is 5.19. The van der Waals surface area contributed by atoms with E-state index in [0.717, 1.165) is 18.8 Å². The molecular weight excluding hydrogens is 212 g/mol. The van der Waals surface area contributed by atoms with Crippen LogP contribution in [0.1, 0.15) is 30.5 Å². The van der Waals surface area contributed by atoms with E-state index in [1.165, 1.54) is 24.8 Å². The molecule has 0 bridgehead atoms. The molecule has 0 aliphatic heterocycles. The van der Waals surface area contributed by atoms with Crippen molar-refractivity contribution in [3.63, 3.8) is 0 Å². The van der Waals surface area contributed by atoms with Crippen molar-refractivity contribution in [2.24, 2.45) is 18.7 Å². The smallest absolute Gasteiger partial charge is 0.0638 e. The van der Waals surface area contributed by atoms with E-state index in [9.17, 15) is 0 Å². The molecule has 0 aromatic carbocycles. The van der Waals surface area contributed by atoms with Gasteiger partial charge in [-0.25, -0.2) is 0 Å². The van der Waals surface area contributed by atoms with Crippen LogP contribution in [0.2, 0.25) is 0 Å². The van der Waals surface area contributed by atoms with Gasteiger partial charge in [0, 0.05) is 31.4 Å². The Balaban J connectivity index is 2.01. The molecule has 0 amide bonds. The lowest BCUT2D eigenvalue weighted by atomic mass is 10.0. The molecule has 0 radical (unpaired) electrons. The van der Waals surface area contributed by atoms with Gasteiger partial charge in [-0.2, -0.15) is 5.10 Å². The minimum atomic E-state index is 0.652. The second-order valence-corrected chi connectivity index (χ2v) is 5.32. The van der Waals surface area contributed by atoms with Crippen molar-refractivity contribution < 1.29 is 0 Å². The van der Waals surface area contributed by atoms with E-state index >= 15 is 0 Å². The molecule has 1 aromatic rings. The predicted octanol–water partition coefficient (Wildman–Crippen LogP) is 1.29. The molecule has 1 aliphatic carbocycles. The number of nitrogens with two attached hydrogens (primary N) is 1. The molecule has 2 unspecified atom stereocenters. The van der Waals surface area contributed by atoms with Crippen LogP contribution < -0.4 is 5.73 Å². The van der Waals surface area contributed by atoms with Gasteiger partial charge in [0.15, 0.2) is 0 Å². The lowest BCUT2D eigenvalue weighted by Crippen LogP contribution is -2.37. The third-order valence-electron chi connectivity index (χ3n) is 4.02. The molecule has 1 saturated carbocycles. The van der Waals surface area contributed by atoms with Crippen LogP contribution in [0.15, 0.2) is 6.20 Å². The van der Waals surface area contributed by atoms with Gasteiger partial charge in [0.05, 0.1) is 5.69 Å². The first-order valence-electron chi connectivity index (χ1n) is 6.51. The molecule has 0 spiro atoms. The van der Waals surface area contributed by atoms with Gasteiger partial charge in [0.25, 0.3) is 0 Å². The van der Waals surface area contributed by atoms with E-state index in [-0.39, 0.29) is 0 Å². The van der Waals surface area contributed by atoms with Gasteiger partial charge in [-0.1, -0.05) is 6.42 Å². The fourth-order valence-electron chi connectivity index (χ4n) is 3.06. The summed E-state index contributed by atoms with van der Waals surface area (Å²) in [7, 11) is 4.19. The molecule has 1 fully saturated rings. The zero-order valence-corrected chi connectivity index (χ0v) is 11.2. The summed E-state index contributed by atoms with van der Waals surface area (Å²) in [6.07, 6.45) is 6.02. The Morgan fingerprint density at radius 1 is 1.53 bits per heavy atom. The van der Waals surface area contributed by atoms with Crippen LogP contribution in [0.25, 0.3) is 0 Å². The van der Waals surface area contributed by atoms with Crippen LogP contribution in [0.3, 0.4) is 0 Å². The molecular formula is C13H24N4. The third-order valence-corrected chi connectivity index (χ3v) is 4.02. The van der Waals surface area contributed by atoms with Gasteiger partial charge in [-0.05, 0) is 39.3 Å². The molecule has 2 atom stereocenters. The molecule has 4 heteroatoms. The van der Waals surface area contributed by atoms with Crippen LogP contribution in [0.4, 0.5) is 0 Å². The van der Waals surface area contributed by atoms with Crippen molar-refractivity contribution >= 4 is 0 Å². The van der Waals surface area contributed by atoms with Gasteiger partial charge >= 0.3 is 0 Å². The summed E-state index contributed by atoms with van der Waals surface area (Å²) < 4.78 is 1.90. The molecule has 1 aliphatic rings. The van der Waals surface area contributed by atoms with Crippen LogP contribution in [-0.4, -0.2) is 34.3 Å². The van der Waals surface area contributed by atoms with E-state index in [0.29, 0.717) is 12.0 Å². The first-order valence-corrected chi connectivity index (χ1v) is 6.51. The molecule has 4 nitrogen and oxygen atoms in total. The zero-order chi connectivity index (χ0) is 12.4. The summed E-state index contributed by atoms with van der Waals surface area (Å²) in [5.41, 5.74) is 8.32. The molecule has 1 aromatic heterocycles. The summed E-state index contributed by atoms with van der Waals surface area (Å²) in [4.78, 5) is 2.45. The largest absolute Gasteiger partial charge is 0.330 e. The minimum absolute atomic E-state index is 0.652. The minimum Gasteiger partial charge on any atom is -0.330 e. The fourth-order valence-corrected chi connectivity index (χ4v) is 3.06. The molecule has 0 saturated heterocycles. The summed E-state index contributed by atoms with van der Waals surface area (Å²) in [6.45, 7) is 3.89. The quantitative estimate of drug-likeness (QED) is 0.857. The third kappa shape index (κ3) is 2.69. The molecule has 96 valence electrons. The number of aryl methyl sites for hydroxylation is 2. The van der Waals surface area contributed by atoms with Gasteiger partial charge in [0.1, 0.15) is 0 Å². The van der Waals surface area contributed by atoms with Gasteiger partial charge in [-0.3, -0.25) is 9.58 Å². The lowest BCUT2D eigenvalue weighted by Gasteiger charge is -2.28. The van der Waals surface area contributed by atoms with Gasteiger partial charge in [0.2, 0.25) is 0 Å². The van der Waals surface area contributed by atoms with Crippen LogP contribution in [0, 0.1) is 12.8 Å². The first kappa shape index (κ1) is 12.6. The summed E-state index contributed by atoms with van der Waals surface area (Å²) in [5, 5.41) is 4.40. The number of hydrogen-bond donors (Lipinski definition) is 1. The van der Waals surface area contributed by atoms with Crippen molar-refractivity contribution in [3.05, 3.63) is 17.5 Å². The highest BCUT2D eigenvalue weighted by Gasteiger charge is 2.29. The number of rotatable bonds is 4. The van der Waals surface area contributed by atoms with E-state index in [4.69, 9.17) is 5.73 Å². The second-order valence-electron chi connectivity index (χ2n) is 5.32. The van der Waals surface area contributed by atoms with E-state index in [1.54, 1.807) is 0 Å². The Kier molecular flexibility index (Phi) is 3.84. The molecule has 1 heterocycles. The summed E-state index contributed by atoms with van der Waals surface area (Å²) in [6, 6.07) is 0.652. The van der Waals surface area contributed by atoms with E-state index in [1.807, 2.05) is 11.7 Å². The first-order chi connectivity index (χ1) is 8.11. The van der Waals surface area contributed by atoms with Crippen molar-refractivity contribution in [3.8, 4) is 0 Å². The topological polar surface area (TPSA) is 47.1 Å². The van der Waals surface area contributed by atoms with E-state index < -0.39 is 0 Å². The van der Waals surface area contributed by atoms with Crippen molar-refractivity contribution in [2.75, 3.05) is 13.6 Å². The monoisotopic (exact) mass is 236 g/mol. The summed E-state index contributed by atoms with van der Waals surface area (Å²) >= 11 is 0. The summed E-state index contributed by atoms with van der Waals surface area (Å²) in [5.74, 6) is 0.678. The highest BCUT2D eigenvalue weighted by molar-refractivity contribution is 5.15. The molecule has 17 heavy (non-hydrogen) atoms. The normalized spacial score (nSPS) is 24.8. The molecule has 2 N–H and O–H groups in total. The Hall–Kier alpha value is -0.870. The highest BCUT2D eigenvalue weighted by Crippen LogP contribution is 2.29. The average Bonchev–Trinajstić information content (AvgIpc) is 2.85. The van der Waals surface area contributed by atoms with Gasteiger partial charge in [-0.15, -0.1) is 0 Å². The Labute approximate surface area is 104 Å². The fraction of sp³-hybridized carbons (Fsp3) is 0.769. The lowest BCUT2D eigenvalue weighted by molar-refractivity contribution is 0.192. The SMILES string of the molecule is Cc1nn(C)cc1CN(C)C1CCCC1CN.